The van der Waals surface area contributed by atoms with Crippen molar-refractivity contribution in [1.82, 2.24) is 0 Å². The topological polar surface area (TPSA) is 65.0 Å². The summed E-state index contributed by atoms with van der Waals surface area (Å²) < 4.78 is 17.4. The van der Waals surface area contributed by atoms with Crippen molar-refractivity contribution in [1.29, 1.82) is 0 Å². The minimum Gasteiger partial charge on any atom is -0.496 e. The van der Waals surface area contributed by atoms with Crippen molar-refractivity contribution in [2.45, 2.75) is 45.3 Å². The molecule has 2 atom stereocenters. The molecule has 23 heavy (non-hydrogen) atoms. The van der Waals surface area contributed by atoms with Gasteiger partial charge in [-0.25, -0.2) is 0 Å². The van der Waals surface area contributed by atoms with Crippen LogP contribution in [0.5, 0.6) is 11.5 Å². The molecule has 0 saturated carbocycles. The lowest BCUT2D eigenvalue weighted by molar-refractivity contribution is -0.138. The van der Waals surface area contributed by atoms with Crippen LogP contribution in [0.4, 0.5) is 0 Å². The second-order valence-electron chi connectivity index (χ2n) is 6.54. The van der Waals surface area contributed by atoms with Gasteiger partial charge in [0.05, 0.1) is 7.11 Å². The molecule has 0 spiro atoms. The first kappa shape index (κ1) is 15.7. The molecule has 0 unspecified atom stereocenters. The second-order valence-corrected chi connectivity index (χ2v) is 6.54. The molecular weight excluding hydrogens is 296 g/mol. The number of aliphatic carboxylic acids is 1. The molecule has 5 heteroatoms. The number of fused-ring (bicyclic) bond motifs is 3. The molecule has 1 aromatic carbocycles. The molecule has 2 aliphatic rings. The van der Waals surface area contributed by atoms with Crippen molar-refractivity contribution in [3.63, 3.8) is 0 Å². The lowest BCUT2D eigenvalue weighted by atomic mass is 9.78. The molecule has 0 amide bonds. The molecule has 0 radical (unpaired) electrons. The molecule has 5 nitrogen and oxygen atoms in total. The Hall–Kier alpha value is -2.17. The lowest BCUT2D eigenvalue weighted by Gasteiger charge is -2.42. The van der Waals surface area contributed by atoms with E-state index in [-0.39, 0.29) is 12.3 Å². The van der Waals surface area contributed by atoms with Gasteiger partial charge in [0.25, 0.3) is 0 Å². The van der Waals surface area contributed by atoms with Gasteiger partial charge < -0.3 is 19.3 Å². The molecule has 0 bridgehead atoms. The number of methoxy groups -OCH3 is 1. The van der Waals surface area contributed by atoms with E-state index in [0.29, 0.717) is 18.8 Å². The smallest absolute Gasteiger partial charge is 0.303 e. The van der Waals surface area contributed by atoms with Crippen LogP contribution >= 0.6 is 0 Å². The molecular formula is C18H22O5. The van der Waals surface area contributed by atoms with Gasteiger partial charge in [0.2, 0.25) is 0 Å². The van der Waals surface area contributed by atoms with Gasteiger partial charge in [0.1, 0.15) is 29.5 Å². The van der Waals surface area contributed by atoms with Crippen molar-refractivity contribution in [2.75, 3.05) is 7.11 Å². The Kier molecular flexibility index (Phi) is 3.74. The summed E-state index contributed by atoms with van der Waals surface area (Å²) in [5.74, 6) is 1.56. The fourth-order valence-electron chi connectivity index (χ4n) is 3.36. The highest BCUT2D eigenvalue weighted by molar-refractivity contribution is 5.72. The van der Waals surface area contributed by atoms with Gasteiger partial charge in [-0.3, -0.25) is 4.79 Å². The maximum Gasteiger partial charge on any atom is 0.303 e. The molecule has 3 rings (SSSR count). The Bertz CT molecular complexity index is 678. The van der Waals surface area contributed by atoms with Crippen molar-refractivity contribution in [3.8, 4) is 11.5 Å². The summed E-state index contributed by atoms with van der Waals surface area (Å²) in [5, 5.41) is 9.00. The SMILES string of the molecule is C=C1OCc2c1cc(OC)c1c2O[C@@](C)(CCC(=O)O)[C@@H](C)C1. The zero-order valence-corrected chi connectivity index (χ0v) is 13.8. The number of hydrogen-bond donors (Lipinski definition) is 1. The van der Waals surface area contributed by atoms with Gasteiger partial charge in [-0.1, -0.05) is 13.5 Å². The molecule has 0 aliphatic carbocycles. The monoisotopic (exact) mass is 318 g/mol. The molecule has 2 aliphatic heterocycles. The van der Waals surface area contributed by atoms with E-state index in [1.807, 2.05) is 13.0 Å². The van der Waals surface area contributed by atoms with Crippen LogP contribution < -0.4 is 9.47 Å². The quantitative estimate of drug-likeness (QED) is 0.922. The van der Waals surface area contributed by atoms with Crippen molar-refractivity contribution in [2.24, 2.45) is 5.92 Å². The van der Waals surface area contributed by atoms with Crippen molar-refractivity contribution < 1.29 is 24.1 Å². The number of rotatable bonds is 4. The highest BCUT2D eigenvalue weighted by atomic mass is 16.5. The zero-order chi connectivity index (χ0) is 16.8. The summed E-state index contributed by atoms with van der Waals surface area (Å²) >= 11 is 0. The van der Waals surface area contributed by atoms with E-state index in [2.05, 4.69) is 13.5 Å². The zero-order valence-electron chi connectivity index (χ0n) is 13.8. The Morgan fingerprint density at radius 2 is 2.26 bits per heavy atom. The Balaban J connectivity index is 2.05. The van der Waals surface area contributed by atoms with E-state index in [4.69, 9.17) is 19.3 Å². The van der Waals surface area contributed by atoms with Crippen LogP contribution in [0.1, 0.15) is 43.4 Å². The Morgan fingerprint density at radius 3 is 2.91 bits per heavy atom. The second kappa shape index (κ2) is 5.48. The summed E-state index contributed by atoms with van der Waals surface area (Å²) in [4.78, 5) is 11.0. The first-order valence-corrected chi connectivity index (χ1v) is 7.81. The third-order valence-electron chi connectivity index (χ3n) is 5.08. The average Bonchev–Trinajstić information content (AvgIpc) is 2.87. The fourth-order valence-corrected chi connectivity index (χ4v) is 3.36. The predicted octanol–water partition coefficient (Wildman–Crippen LogP) is 3.39. The molecule has 124 valence electrons. The van der Waals surface area contributed by atoms with Gasteiger partial charge in [-0.05, 0) is 31.7 Å². The number of carboxylic acids is 1. The maximum atomic E-state index is 11.0. The predicted molar refractivity (Wildman–Crippen MR) is 85.6 cm³/mol. The van der Waals surface area contributed by atoms with Crippen LogP contribution in [0.25, 0.3) is 5.76 Å². The van der Waals surface area contributed by atoms with E-state index in [1.165, 1.54) is 0 Å². The van der Waals surface area contributed by atoms with Crippen LogP contribution in [0.2, 0.25) is 0 Å². The van der Waals surface area contributed by atoms with E-state index in [1.54, 1.807) is 7.11 Å². The molecule has 1 N–H and O–H groups in total. The normalized spacial score (nSPS) is 25.2. The molecule has 0 fully saturated rings. The van der Waals surface area contributed by atoms with Gasteiger partial charge in [0, 0.05) is 23.1 Å². The highest BCUT2D eigenvalue weighted by Gasteiger charge is 2.42. The first-order chi connectivity index (χ1) is 10.9. The van der Waals surface area contributed by atoms with Gasteiger partial charge >= 0.3 is 5.97 Å². The summed E-state index contributed by atoms with van der Waals surface area (Å²) in [6.07, 6.45) is 1.34. The summed E-state index contributed by atoms with van der Waals surface area (Å²) in [7, 11) is 1.64. The molecule has 0 aromatic heterocycles. The van der Waals surface area contributed by atoms with Crippen LogP contribution in [-0.4, -0.2) is 23.8 Å². The average molecular weight is 318 g/mol. The highest BCUT2D eigenvalue weighted by Crippen LogP contribution is 2.49. The van der Waals surface area contributed by atoms with Gasteiger partial charge in [-0.2, -0.15) is 0 Å². The summed E-state index contributed by atoms with van der Waals surface area (Å²) in [5.41, 5.74) is 2.41. The summed E-state index contributed by atoms with van der Waals surface area (Å²) in [6, 6.07) is 1.96. The van der Waals surface area contributed by atoms with Crippen LogP contribution in [-0.2, 0) is 22.6 Å². The number of carboxylic acid groups (broad SMARTS) is 1. The van der Waals surface area contributed by atoms with Gasteiger partial charge in [0.15, 0.2) is 0 Å². The maximum absolute atomic E-state index is 11.0. The van der Waals surface area contributed by atoms with Gasteiger partial charge in [-0.15, -0.1) is 0 Å². The van der Waals surface area contributed by atoms with Crippen molar-refractivity contribution in [3.05, 3.63) is 29.3 Å². The molecule has 0 saturated heterocycles. The Labute approximate surface area is 135 Å². The third kappa shape index (κ3) is 2.54. The number of ether oxygens (including phenoxy) is 3. The largest absolute Gasteiger partial charge is 0.496 e. The number of benzene rings is 1. The van der Waals surface area contributed by atoms with E-state index < -0.39 is 11.6 Å². The van der Waals surface area contributed by atoms with E-state index in [9.17, 15) is 4.79 Å². The third-order valence-corrected chi connectivity index (χ3v) is 5.08. The van der Waals surface area contributed by atoms with Crippen LogP contribution in [0, 0.1) is 5.92 Å². The minimum atomic E-state index is -0.805. The summed E-state index contributed by atoms with van der Waals surface area (Å²) in [6.45, 7) is 8.43. The first-order valence-electron chi connectivity index (χ1n) is 7.81. The van der Waals surface area contributed by atoms with Crippen LogP contribution in [0.15, 0.2) is 12.6 Å². The van der Waals surface area contributed by atoms with E-state index in [0.717, 1.165) is 34.6 Å². The molecule has 2 heterocycles. The lowest BCUT2D eigenvalue weighted by Crippen LogP contribution is -2.44. The number of carbonyl (C=O) groups is 1. The minimum absolute atomic E-state index is 0.0888. The van der Waals surface area contributed by atoms with Crippen molar-refractivity contribution >= 4 is 11.7 Å². The Morgan fingerprint density at radius 1 is 1.52 bits per heavy atom. The van der Waals surface area contributed by atoms with E-state index >= 15 is 0 Å². The molecule has 1 aromatic rings. The standard InChI is InChI=1S/C18H22O5/c1-10-7-13-15(21-4)8-12-11(2)22-9-14(12)17(13)23-18(10,3)6-5-16(19)20/h8,10H,2,5-7,9H2,1,3-4H3,(H,19,20)/t10-,18-/m0/s1. The number of hydrogen-bond acceptors (Lipinski definition) is 4. The fraction of sp³-hybridized carbons (Fsp3) is 0.500. The van der Waals surface area contributed by atoms with Crippen LogP contribution in [0.3, 0.4) is 0 Å².